The van der Waals surface area contributed by atoms with Crippen LogP contribution in [0, 0.1) is 0 Å². The van der Waals surface area contributed by atoms with Gasteiger partial charge >= 0.3 is 58.7 Å². The molecule has 240 valence electrons. The lowest BCUT2D eigenvalue weighted by molar-refractivity contribution is -0.466. The van der Waals surface area contributed by atoms with Crippen LogP contribution >= 0.6 is 0 Å². The minimum Gasteiger partial charge on any atom is -0.395 e. The van der Waals surface area contributed by atoms with Crippen molar-refractivity contribution >= 4 is 15.1 Å². The van der Waals surface area contributed by atoms with Gasteiger partial charge in [-0.2, -0.15) is 87.7 Å². The molecule has 0 fully saturated rings. The lowest BCUT2D eigenvalue weighted by atomic mass is 9.87. The van der Waals surface area contributed by atoms with Crippen molar-refractivity contribution in [3.63, 3.8) is 0 Å². The Morgan fingerprint density at radius 1 is 0.575 bits per heavy atom. The van der Waals surface area contributed by atoms with Crippen molar-refractivity contribution in [2.75, 3.05) is 19.7 Å². The zero-order valence-corrected chi connectivity index (χ0v) is 19.4. The zero-order chi connectivity index (χ0) is 33.0. The van der Waals surface area contributed by atoms with Gasteiger partial charge in [0.25, 0.3) is 10.0 Å². The van der Waals surface area contributed by atoms with E-state index in [4.69, 9.17) is 5.11 Å². The van der Waals surface area contributed by atoms with Crippen molar-refractivity contribution < 1.29 is 102 Å². The summed E-state index contributed by atoms with van der Waals surface area (Å²) < 4.78 is 276. The highest BCUT2D eigenvalue weighted by Crippen LogP contribution is 2.65. The van der Waals surface area contributed by atoms with E-state index < -0.39 is 99.1 Å². The van der Waals surface area contributed by atoms with E-state index in [0.717, 1.165) is 6.92 Å². The van der Waals surface area contributed by atoms with E-state index in [1.165, 1.54) is 0 Å². The number of nitrogens with zero attached hydrogens (tertiary/aromatic N) is 1. The van der Waals surface area contributed by atoms with Crippen LogP contribution < -0.4 is 0 Å². The molecular formula is C15H12F19NO4S. The highest BCUT2D eigenvalue weighted by atomic mass is 32.2. The Balaban J connectivity index is 7.13. The molecule has 0 unspecified atom stereocenters. The first-order chi connectivity index (χ1) is 17.2. The molecule has 0 radical (unpaired) electrons. The Labute approximate surface area is 208 Å². The Morgan fingerprint density at radius 2 is 0.875 bits per heavy atom. The Hall–Kier alpha value is -1.79. The van der Waals surface area contributed by atoms with Gasteiger partial charge in [0.15, 0.2) is 0 Å². The van der Waals surface area contributed by atoms with Crippen molar-refractivity contribution in [3.05, 3.63) is 0 Å². The maximum absolute atomic E-state index is 14.0. The van der Waals surface area contributed by atoms with Gasteiger partial charge in [-0.05, 0) is 6.42 Å². The van der Waals surface area contributed by atoms with Crippen LogP contribution in [0.3, 0.4) is 0 Å². The molecule has 0 atom stereocenters. The summed E-state index contributed by atoms with van der Waals surface area (Å²) in [7, 11) is -6.75. The van der Waals surface area contributed by atoms with E-state index in [-0.39, 0.29) is 0 Å². The molecule has 0 bridgehead atoms. The van der Waals surface area contributed by atoms with Crippen LogP contribution in [0.1, 0.15) is 13.3 Å². The molecule has 0 aromatic rings. The van der Waals surface area contributed by atoms with Crippen molar-refractivity contribution in [3.8, 4) is 0 Å². The average molecular weight is 663 g/mol. The Kier molecular flexibility index (Phi) is 10.0. The fourth-order valence-electron chi connectivity index (χ4n) is 2.48. The van der Waals surface area contributed by atoms with Crippen LogP contribution in [0.2, 0.25) is 0 Å². The van der Waals surface area contributed by atoms with Crippen LogP contribution in [0.15, 0.2) is 0 Å². The first kappa shape index (κ1) is 38.2. The maximum atomic E-state index is 14.0. The number of hydrogen-bond acceptors (Lipinski definition) is 4. The Morgan fingerprint density at radius 3 is 1.15 bits per heavy atom. The Bertz CT molecular complexity index is 1030. The number of alkyl halides is 19. The van der Waals surface area contributed by atoms with Gasteiger partial charge in [0.05, 0.1) is 6.61 Å². The second kappa shape index (κ2) is 10.5. The van der Waals surface area contributed by atoms with Crippen LogP contribution in [-0.4, -0.2) is 96.2 Å². The molecule has 0 saturated carbocycles. The topological polar surface area (TPSA) is 74.7 Å². The van der Waals surface area contributed by atoms with Crippen molar-refractivity contribution in [1.82, 2.24) is 4.31 Å². The minimum atomic E-state index is -9.20. The van der Waals surface area contributed by atoms with E-state index in [0.29, 0.717) is 0 Å². The molecule has 1 N–H and O–H groups in total. The quantitative estimate of drug-likeness (QED) is 0.276. The standard InChI is InChI=1S/C15H12F19NO4S/c1-2-3-35(4-5-36)40(38,39)6(37)7(16,17)8(18,19)9(20,21)10(22,23)11(24,25)12(26,27)13(28,29)14(30,31)15(32,33)34/h36H,2-5H2,1H3. The molecule has 40 heavy (non-hydrogen) atoms. The summed E-state index contributed by atoms with van der Waals surface area (Å²) in [6, 6.07) is 0. The third-order valence-electron chi connectivity index (χ3n) is 4.77. The second-order valence-corrected chi connectivity index (χ2v) is 9.35. The van der Waals surface area contributed by atoms with E-state index in [2.05, 4.69) is 0 Å². The first-order valence-corrected chi connectivity index (χ1v) is 10.9. The van der Waals surface area contributed by atoms with E-state index in [9.17, 15) is 96.6 Å². The van der Waals surface area contributed by atoms with E-state index in [1.54, 1.807) is 0 Å². The minimum absolute atomic E-state index is 0.527. The molecule has 25 heteroatoms. The van der Waals surface area contributed by atoms with Crippen LogP contribution in [0.25, 0.3) is 0 Å². The summed E-state index contributed by atoms with van der Waals surface area (Å²) in [6.07, 6.45) is -8.55. The number of carbonyl (C=O) groups excluding carboxylic acids is 1. The summed E-state index contributed by atoms with van der Waals surface area (Å²) in [6.45, 7) is -3.06. The summed E-state index contributed by atoms with van der Waals surface area (Å²) in [5.41, 5.74) is 0. The third-order valence-corrected chi connectivity index (χ3v) is 6.54. The molecular weight excluding hydrogens is 651 g/mol. The molecule has 0 aromatic carbocycles. The molecule has 5 nitrogen and oxygen atoms in total. The fourth-order valence-corrected chi connectivity index (χ4v) is 3.91. The van der Waals surface area contributed by atoms with E-state index >= 15 is 0 Å². The number of aliphatic hydroxyl groups excluding tert-OH is 1. The molecule has 0 amide bonds. The summed E-state index contributed by atoms with van der Waals surface area (Å²) in [5, 5.41) is 4.11. The summed E-state index contributed by atoms with van der Waals surface area (Å²) in [4.78, 5) is 11.5. The highest BCUT2D eigenvalue weighted by Gasteiger charge is 2.97. The number of rotatable bonds is 13. The first-order valence-electron chi connectivity index (χ1n) is 9.42. The lowest BCUT2D eigenvalue weighted by Crippen LogP contribution is -2.76. The SMILES string of the molecule is CCCN(CCO)S(=O)(=O)C(=O)C(F)(F)C(F)(F)C(F)(F)C(F)(F)C(F)(F)C(F)(F)C(F)(F)C(F)(F)C(F)(F)F. The largest absolute Gasteiger partial charge is 0.460 e. The second-order valence-electron chi connectivity index (χ2n) is 7.51. The van der Waals surface area contributed by atoms with Gasteiger partial charge < -0.3 is 5.11 Å². The van der Waals surface area contributed by atoms with Gasteiger partial charge in [0.2, 0.25) is 0 Å². The zero-order valence-electron chi connectivity index (χ0n) is 18.5. The third kappa shape index (κ3) is 5.06. The molecule has 0 heterocycles. The van der Waals surface area contributed by atoms with Gasteiger partial charge in [-0.25, -0.2) is 8.42 Å². The summed E-state index contributed by atoms with van der Waals surface area (Å²) in [5.74, 6) is -70.3. The van der Waals surface area contributed by atoms with Crippen molar-refractivity contribution in [1.29, 1.82) is 0 Å². The van der Waals surface area contributed by atoms with Gasteiger partial charge in [-0.15, -0.1) is 0 Å². The van der Waals surface area contributed by atoms with Crippen molar-refractivity contribution in [2.24, 2.45) is 0 Å². The van der Waals surface area contributed by atoms with Crippen LogP contribution in [0.5, 0.6) is 0 Å². The smallest absolute Gasteiger partial charge is 0.395 e. The predicted molar refractivity (Wildman–Crippen MR) is 88.5 cm³/mol. The molecule has 0 aromatic heterocycles. The fraction of sp³-hybridized carbons (Fsp3) is 0.933. The number of carbonyl (C=O) groups is 1. The van der Waals surface area contributed by atoms with Crippen molar-refractivity contribution in [2.45, 2.75) is 66.9 Å². The summed E-state index contributed by atoms with van der Waals surface area (Å²) >= 11 is 0. The monoisotopic (exact) mass is 663 g/mol. The average Bonchev–Trinajstić information content (AvgIpc) is 2.76. The van der Waals surface area contributed by atoms with Gasteiger partial charge in [0.1, 0.15) is 0 Å². The molecule has 0 aliphatic carbocycles. The van der Waals surface area contributed by atoms with Gasteiger partial charge in [0, 0.05) is 13.1 Å². The van der Waals surface area contributed by atoms with Crippen LogP contribution in [0.4, 0.5) is 83.4 Å². The lowest BCUT2D eigenvalue weighted by Gasteiger charge is -2.43. The molecule has 0 aliphatic heterocycles. The predicted octanol–water partition coefficient (Wildman–Crippen LogP) is 5.19. The highest BCUT2D eigenvalue weighted by molar-refractivity contribution is 8.04. The van der Waals surface area contributed by atoms with Gasteiger partial charge in [-0.1, -0.05) is 6.92 Å². The number of halogens is 19. The number of aliphatic hydroxyl groups is 1. The van der Waals surface area contributed by atoms with Gasteiger partial charge in [-0.3, -0.25) is 4.79 Å². The maximum Gasteiger partial charge on any atom is 0.460 e. The molecule has 0 spiro atoms. The normalized spacial score (nSPS) is 16.1. The van der Waals surface area contributed by atoms with E-state index in [1.807, 2.05) is 0 Å². The molecule has 0 saturated heterocycles. The number of sulfonamides is 1. The molecule has 0 aliphatic rings. The number of hydrogen-bond donors (Lipinski definition) is 1. The molecule has 0 rings (SSSR count). The van der Waals surface area contributed by atoms with Crippen LogP contribution in [-0.2, 0) is 14.8 Å².